The average molecular weight is 355 g/mol. The van der Waals surface area contributed by atoms with Crippen molar-refractivity contribution in [2.24, 2.45) is 0 Å². The molecule has 26 heavy (non-hydrogen) atoms. The molecule has 1 aliphatic heterocycles. The van der Waals surface area contributed by atoms with Crippen molar-refractivity contribution in [1.29, 1.82) is 0 Å². The molecule has 2 aromatic carbocycles. The molecule has 3 nitrogen and oxygen atoms in total. The summed E-state index contributed by atoms with van der Waals surface area (Å²) in [5, 5.41) is 10.5. The molecule has 3 rings (SSSR count). The highest BCUT2D eigenvalue weighted by Crippen LogP contribution is 2.23. The highest BCUT2D eigenvalue weighted by atomic mass is 16.5. The molecule has 0 amide bonds. The number of aliphatic hydroxyl groups excluding tert-OH is 1. The third-order valence-corrected chi connectivity index (χ3v) is 5.69. The summed E-state index contributed by atoms with van der Waals surface area (Å²) >= 11 is 0. The SMILES string of the molecule is CC[N+]1(C[C@@H](O)COc2ccc(-c3ccccc3)cc2)CCCCCC1. The molecule has 1 saturated heterocycles. The lowest BCUT2D eigenvalue weighted by molar-refractivity contribution is -0.928. The van der Waals surface area contributed by atoms with Crippen molar-refractivity contribution in [3.63, 3.8) is 0 Å². The Morgan fingerprint density at radius 3 is 2.12 bits per heavy atom. The van der Waals surface area contributed by atoms with Crippen LogP contribution in [0.2, 0.25) is 0 Å². The van der Waals surface area contributed by atoms with Crippen molar-refractivity contribution >= 4 is 0 Å². The van der Waals surface area contributed by atoms with Gasteiger partial charge in [-0.3, -0.25) is 0 Å². The second-order valence-electron chi connectivity index (χ2n) is 7.56. The second kappa shape index (κ2) is 9.20. The van der Waals surface area contributed by atoms with Crippen LogP contribution in [-0.4, -0.2) is 48.5 Å². The summed E-state index contributed by atoms with van der Waals surface area (Å²) in [5.41, 5.74) is 2.38. The number of rotatable bonds is 7. The van der Waals surface area contributed by atoms with Gasteiger partial charge in [0, 0.05) is 0 Å². The molecule has 1 aliphatic rings. The molecule has 0 radical (unpaired) electrons. The van der Waals surface area contributed by atoms with Crippen molar-refractivity contribution < 1.29 is 14.3 Å². The van der Waals surface area contributed by atoms with Crippen LogP contribution in [0.5, 0.6) is 5.75 Å². The average Bonchev–Trinajstić information content (AvgIpc) is 2.93. The molecule has 1 atom stereocenters. The Kier molecular flexibility index (Phi) is 6.70. The Morgan fingerprint density at radius 1 is 0.885 bits per heavy atom. The summed E-state index contributed by atoms with van der Waals surface area (Å²) in [5.74, 6) is 0.822. The Hall–Kier alpha value is -1.84. The molecular weight excluding hydrogens is 322 g/mol. The van der Waals surface area contributed by atoms with Crippen LogP contribution in [0.1, 0.15) is 32.6 Å². The Labute approximate surface area is 157 Å². The lowest BCUT2D eigenvalue weighted by Crippen LogP contribution is -2.53. The number of likely N-dealkylation sites (tertiary alicyclic amines) is 1. The molecule has 140 valence electrons. The zero-order valence-corrected chi connectivity index (χ0v) is 15.9. The Balaban J connectivity index is 1.53. The van der Waals surface area contributed by atoms with Gasteiger partial charge in [0.2, 0.25) is 0 Å². The number of likely N-dealkylation sites (N-methyl/N-ethyl adjacent to an activating group) is 1. The highest BCUT2D eigenvalue weighted by molar-refractivity contribution is 5.63. The van der Waals surface area contributed by atoms with Gasteiger partial charge in [0.05, 0.1) is 19.6 Å². The van der Waals surface area contributed by atoms with Gasteiger partial charge in [-0.2, -0.15) is 0 Å². The lowest BCUT2D eigenvalue weighted by Gasteiger charge is -2.38. The predicted octanol–water partition coefficient (Wildman–Crippen LogP) is 4.50. The first kappa shape index (κ1) is 18.9. The quantitative estimate of drug-likeness (QED) is 0.742. The smallest absolute Gasteiger partial charge is 0.137 e. The van der Waals surface area contributed by atoms with Crippen LogP contribution in [0.4, 0.5) is 0 Å². The molecule has 0 aromatic heterocycles. The van der Waals surface area contributed by atoms with Gasteiger partial charge in [-0.1, -0.05) is 42.5 Å². The van der Waals surface area contributed by atoms with E-state index in [1.165, 1.54) is 49.9 Å². The van der Waals surface area contributed by atoms with Crippen LogP contribution in [0, 0.1) is 0 Å². The largest absolute Gasteiger partial charge is 0.491 e. The van der Waals surface area contributed by atoms with Crippen molar-refractivity contribution in [2.75, 3.05) is 32.8 Å². The van der Waals surface area contributed by atoms with E-state index in [2.05, 4.69) is 31.2 Å². The van der Waals surface area contributed by atoms with Crippen LogP contribution in [0.25, 0.3) is 11.1 Å². The summed E-state index contributed by atoms with van der Waals surface area (Å²) in [6.07, 6.45) is 4.81. The maximum Gasteiger partial charge on any atom is 0.137 e. The molecule has 1 fully saturated rings. The van der Waals surface area contributed by atoms with Crippen LogP contribution >= 0.6 is 0 Å². The van der Waals surface area contributed by atoms with E-state index >= 15 is 0 Å². The number of hydrogen-bond acceptors (Lipinski definition) is 2. The predicted molar refractivity (Wildman–Crippen MR) is 107 cm³/mol. The minimum Gasteiger partial charge on any atom is -0.491 e. The number of aliphatic hydroxyl groups is 1. The Morgan fingerprint density at radius 2 is 1.50 bits per heavy atom. The zero-order valence-electron chi connectivity index (χ0n) is 15.9. The first-order valence-corrected chi connectivity index (χ1v) is 10.0. The third kappa shape index (κ3) is 5.09. The van der Waals surface area contributed by atoms with Crippen LogP contribution in [0.3, 0.4) is 0 Å². The van der Waals surface area contributed by atoms with Gasteiger partial charge >= 0.3 is 0 Å². The molecule has 1 N–H and O–H groups in total. The van der Waals surface area contributed by atoms with E-state index in [0.717, 1.165) is 23.3 Å². The van der Waals surface area contributed by atoms with Gasteiger partial charge in [-0.25, -0.2) is 0 Å². The van der Waals surface area contributed by atoms with E-state index in [4.69, 9.17) is 4.74 Å². The van der Waals surface area contributed by atoms with E-state index in [9.17, 15) is 5.11 Å². The fourth-order valence-electron chi connectivity index (χ4n) is 4.05. The highest BCUT2D eigenvalue weighted by Gasteiger charge is 2.29. The number of hydrogen-bond donors (Lipinski definition) is 1. The number of ether oxygens (including phenoxy) is 1. The number of nitrogens with zero attached hydrogens (tertiary/aromatic N) is 1. The summed E-state index contributed by atoms with van der Waals surface area (Å²) < 4.78 is 6.90. The molecule has 0 aliphatic carbocycles. The van der Waals surface area contributed by atoms with E-state index < -0.39 is 6.10 Å². The topological polar surface area (TPSA) is 29.5 Å². The maximum atomic E-state index is 10.5. The van der Waals surface area contributed by atoms with Crippen LogP contribution in [0.15, 0.2) is 54.6 Å². The zero-order chi connectivity index (χ0) is 18.2. The van der Waals surface area contributed by atoms with Gasteiger partial charge in [-0.05, 0) is 55.9 Å². The second-order valence-corrected chi connectivity index (χ2v) is 7.56. The fraction of sp³-hybridized carbons (Fsp3) is 0.478. The minimum absolute atomic E-state index is 0.366. The summed E-state index contributed by atoms with van der Waals surface area (Å²) in [6.45, 7) is 6.91. The fourth-order valence-corrected chi connectivity index (χ4v) is 4.05. The number of benzene rings is 2. The Bertz CT molecular complexity index is 646. The minimum atomic E-state index is -0.415. The van der Waals surface area contributed by atoms with Gasteiger partial charge in [0.15, 0.2) is 0 Å². The van der Waals surface area contributed by atoms with Crippen molar-refractivity contribution in [3.05, 3.63) is 54.6 Å². The standard InChI is InChI=1S/C23H32NO2/c1-2-24(16-8-3-4-9-17-24)18-22(25)19-26-23-14-12-21(13-15-23)20-10-6-5-7-11-20/h5-7,10-15,22,25H,2-4,8-9,16-19H2,1H3/q+1/t22-/m1/s1. The summed E-state index contributed by atoms with van der Waals surface area (Å²) in [4.78, 5) is 0. The van der Waals surface area contributed by atoms with Crippen molar-refractivity contribution in [2.45, 2.75) is 38.7 Å². The van der Waals surface area contributed by atoms with Crippen molar-refractivity contribution in [3.8, 4) is 16.9 Å². The monoisotopic (exact) mass is 354 g/mol. The molecule has 3 heteroatoms. The third-order valence-electron chi connectivity index (χ3n) is 5.69. The van der Waals surface area contributed by atoms with Gasteiger partial charge in [0.25, 0.3) is 0 Å². The first-order valence-electron chi connectivity index (χ1n) is 10.0. The van der Waals surface area contributed by atoms with E-state index in [1.54, 1.807) is 0 Å². The van der Waals surface area contributed by atoms with E-state index in [0.29, 0.717) is 6.61 Å². The molecule has 0 bridgehead atoms. The van der Waals surface area contributed by atoms with E-state index in [1.807, 2.05) is 30.3 Å². The van der Waals surface area contributed by atoms with Gasteiger partial charge in [0.1, 0.15) is 25.0 Å². The lowest BCUT2D eigenvalue weighted by atomic mass is 10.1. The van der Waals surface area contributed by atoms with Crippen LogP contribution < -0.4 is 4.74 Å². The molecule has 1 heterocycles. The maximum absolute atomic E-state index is 10.5. The summed E-state index contributed by atoms with van der Waals surface area (Å²) in [7, 11) is 0. The van der Waals surface area contributed by atoms with Crippen LogP contribution in [-0.2, 0) is 0 Å². The molecule has 0 spiro atoms. The first-order chi connectivity index (χ1) is 12.7. The summed E-state index contributed by atoms with van der Waals surface area (Å²) in [6, 6.07) is 18.5. The number of quaternary nitrogens is 1. The van der Waals surface area contributed by atoms with E-state index in [-0.39, 0.29) is 0 Å². The molecular formula is C23H32NO2+. The normalized spacial score (nSPS) is 18.1. The molecule has 2 aromatic rings. The van der Waals surface area contributed by atoms with Crippen molar-refractivity contribution in [1.82, 2.24) is 0 Å². The molecule has 0 saturated carbocycles. The van der Waals surface area contributed by atoms with Gasteiger partial charge in [-0.15, -0.1) is 0 Å². The molecule has 0 unspecified atom stereocenters. The van der Waals surface area contributed by atoms with Gasteiger partial charge < -0.3 is 14.3 Å².